The maximum atomic E-state index is 12.2. The lowest BCUT2D eigenvalue weighted by Gasteiger charge is -2.13. The second-order valence-corrected chi connectivity index (χ2v) is 5.63. The van der Waals surface area contributed by atoms with Gasteiger partial charge in [0.15, 0.2) is 5.71 Å². The maximum Gasteiger partial charge on any atom is 0.361 e. The predicted octanol–water partition coefficient (Wildman–Crippen LogP) is 4.20. The van der Waals surface area contributed by atoms with Gasteiger partial charge in [-0.1, -0.05) is 42.4 Å². The SMILES string of the molecule is CCC(=NOC)C(=O)Oc1ccccc1COc1cc(C)ccc1C. The molecule has 0 radical (unpaired) electrons. The molecule has 0 saturated heterocycles. The molecule has 0 unspecified atom stereocenters. The molecule has 0 aromatic heterocycles. The van der Waals surface area contributed by atoms with E-state index in [4.69, 9.17) is 9.47 Å². The molecular weight excluding hydrogens is 318 g/mol. The van der Waals surface area contributed by atoms with Crippen molar-refractivity contribution >= 4 is 11.7 Å². The van der Waals surface area contributed by atoms with Gasteiger partial charge in [0.05, 0.1) is 0 Å². The molecule has 0 amide bonds. The van der Waals surface area contributed by atoms with E-state index in [-0.39, 0.29) is 5.71 Å². The summed E-state index contributed by atoms with van der Waals surface area (Å²) in [6.45, 7) is 6.13. The van der Waals surface area contributed by atoms with Crippen molar-refractivity contribution in [1.29, 1.82) is 0 Å². The summed E-state index contributed by atoms with van der Waals surface area (Å²) < 4.78 is 11.4. The van der Waals surface area contributed by atoms with Crippen LogP contribution >= 0.6 is 0 Å². The summed E-state index contributed by atoms with van der Waals surface area (Å²) in [5.74, 6) is 0.745. The van der Waals surface area contributed by atoms with Crippen molar-refractivity contribution in [2.45, 2.75) is 33.8 Å². The third-order valence-corrected chi connectivity index (χ3v) is 3.67. The van der Waals surface area contributed by atoms with E-state index in [2.05, 4.69) is 9.99 Å². The quantitative estimate of drug-likeness (QED) is 0.328. The van der Waals surface area contributed by atoms with Crippen LogP contribution in [0.4, 0.5) is 0 Å². The van der Waals surface area contributed by atoms with Crippen LogP contribution < -0.4 is 9.47 Å². The second-order valence-electron chi connectivity index (χ2n) is 5.63. The summed E-state index contributed by atoms with van der Waals surface area (Å²) in [4.78, 5) is 16.9. The fourth-order valence-corrected chi connectivity index (χ4v) is 2.26. The smallest absolute Gasteiger partial charge is 0.361 e. The number of benzene rings is 2. The highest BCUT2D eigenvalue weighted by Gasteiger charge is 2.15. The molecule has 0 N–H and O–H groups in total. The van der Waals surface area contributed by atoms with E-state index in [0.29, 0.717) is 18.8 Å². The minimum atomic E-state index is -0.525. The van der Waals surface area contributed by atoms with Crippen molar-refractivity contribution in [3.05, 3.63) is 59.2 Å². The fraction of sp³-hybridized carbons (Fsp3) is 0.300. The Bertz CT molecular complexity index is 768. The van der Waals surface area contributed by atoms with Crippen molar-refractivity contribution < 1.29 is 19.1 Å². The van der Waals surface area contributed by atoms with E-state index < -0.39 is 5.97 Å². The topological polar surface area (TPSA) is 57.1 Å². The summed E-state index contributed by atoms with van der Waals surface area (Å²) in [6.07, 6.45) is 0.424. The van der Waals surface area contributed by atoms with E-state index in [1.165, 1.54) is 7.11 Å². The molecule has 132 valence electrons. The first-order chi connectivity index (χ1) is 12.0. The number of nitrogens with zero attached hydrogens (tertiary/aromatic N) is 1. The Morgan fingerprint density at radius 3 is 2.56 bits per heavy atom. The zero-order valence-corrected chi connectivity index (χ0v) is 15.0. The first-order valence-corrected chi connectivity index (χ1v) is 8.15. The van der Waals surface area contributed by atoms with Crippen LogP contribution in [0.1, 0.15) is 30.0 Å². The van der Waals surface area contributed by atoms with Gasteiger partial charge in [-0.2, -0.15) is 0 Å². The predicted molar refractivity (Wildman–Crippen MR) is 97.1 cm³/mol. The first-order valence-electron chi connectivity index (χ1n) is 8.15. The monoisotopic (exact) mass is 341 g/mol. The number of rotatable bonds is 7. The molecule has 0 aliphatic heterocycles. The molecule has 0 atom stereocenters. The van der Waals surface area contributed by atoms with E-state index in [1.54, 1.807) is 6.07 Å². The van der Waals surface area contributed by atoms with Gasteiger partial charge >= 0.3 is 5.97 Å². The number of hydrogen-bond acceptors (Lipinski definition) is 5. The molecular formula is C20H23NO4. The summed E-state index contributed by atoms with van der Waals surface area (Å²) in [5, 5.41) is 3.69. The van der Waals surface area contributed by atoms with Gasteiger partial charge in [0.1, 0.15) is 25.2 Å². The van der Waals surface area contributed by atoms with E-state index in [0.717, 1.165) is 22.4 Å². The van der Waals surface area contributed by atoms with Crippen molar-refractivity contribution in [3.8, 4) is 11.5 Å². The van der Waals surface area contributed by atoms with E-state index in [9.17, 15) is 4.79 Å². The standard InChI is InChI=1S/C20H23NO4/c1-5-17(21-23-4)20(22)25-18-9-7-6-8-16(18)13-24-19-12-14(2)10-11-15(19)3/h6-12H,5,13H2,1-4H3. The molecule has 5 heteroatoms. The van der Waals surface area contributed by atoms with Gasteiger partial charge in [0.2, 0.25) is 0 Å². The third-order valence-electron chi connectivity index (χ3n) is 3.67. The maximum absolute atomic E-state index is 12.2. The van der Waals surface area contributed by atoms with Crippen LogP contribution in [0.5, 0.6) is 11.5 Å². The van der Waals surface area contributed by atoms with Crippen molar-refractivity contribution in [3.63, 3.8) is 0 Å². The number of oxime groups is 1. The molecule has 5 nitrogen and oxygen atoms in total. The largest absolute Gasteiger partial charge is 0.488 e. The Balaban J connectivity index is 2.14. The van der Waals surface area contributed by atoms with E-state index in [1.807, 2.05) is 57.2 Å². The molecule has 0 aliphatic rings. The van der Waals surface area contributed by atoms with Crippen LogP contribution in [-0.2, 0) is 16.2 Å². The van der Waals surface area contributed by atoms with Crippen LogP contribution in [-0.4, -0.2) is 18.8 Å². The Morgan fingerprint density at radius 2 is 1.84 bits per heavy atom. The Labute approximate surface area is 148 Å². The van der Waals surface area contributed by atoms with Gasteiger partial charge in [-0.05, 0) is 43.5 Å². The number of carbonyl (C=O) groups excluding carboxylic acids is 1. The molecule has 0 aliphatic carbocycles. The first kappa shape index (κ1) is 18.5. The molecule has 0 fully saturated rings. The molecule has 2 aromatic rings. The average molecular weight is 341 g/mol. The lowest BCUT2D eigenvalue weighted by Crippen LogP contribution is -2.20. The highest BCUT2D eigenvalue weighted by atomic mass is 16.6. The summed E-state index contributed by atoms with van der Waals surface area (Å²) in [6, 6.07) is 13.3. The zero-order valence-electron chi connectivity index (χ0n) is 15.0. The average Bonchev–Trinajstić information content (AvgIpc) is 2.61. The molecule has 0 saturated carbocycles. The highest BCUT2D eigenvalue weighted by Crippen LogP contribution is 2.24. The zero-order chi connectivity index (χ0) is 18.2. The Morgan fingerprint density at radius 1 is 1.08 bits per heavy atom. The molecule has 0 spiro atoms. The highest BCUT2D eigenvalue weighted by molar-refractivity contribution is 6.36. The molecule has 25 heavy (non-hydrogen) atoms. The Kier molecular flexibility index (Phi) is 6.57. The van der Waals surface area contributed by atoms with Gasteiger partial charge in [-0.3, -0.25) is 0 Å². The van der Waals surface area contributed by atoms with Gasteiger partial charge in [0.25, 0.3) is 0 Å². The summed E-state index contributed by atoms with van der Waals surface area (Å²) in [7, 11) is 1.40. The summed E-state index contributed by atoms with van der Waals surface area (Å²) >= 11 is 0. The van der Waals surface area contributed by atoms with Gasteiger partial charge in [0, 0.05) is 5.56 Å². The van der Waals surface area contributed by atoms with Crippen LogP contribution in [0.25, 0.3) is 0 Å². The van der Waals surface area contributed by atoms with Crippen LogP contribution in [0, 0.1) is 13.8 Å². The van der Waals surface area contributed by atoms with E-state index >= 15 is 0 Å². The van der Waals surface area contributed by atoms with Crippen molar-refractivity contribution in [2.75, 3.05) is 7.11 Å². The molecule has 0 heterocycles. The number of para-hydroxylation sites is 1. The van der Waals surface area contributed by atoms with Crippen LogP contribution in [0.15, 0.2) is 47.6 Å². The van der Waals surface area contributed by atoms with Crippen molar-refractivity contribution in [2.24, 2.45) is 5.16 Å². The number of ether oxygens (including phenoxy) is 2. The lowest BCUT2D eigenvalue weighted by molar-refractivity contribution is -0.127. The summed E-state index contributed by atoms with van der Waals surface area (Å²) in [5.41, 5.74) is 3.20. The normalized spacial score (nSPS) is 11.1. The lowest BCUT2D eigenvalue weighted by atomic mass is 10.1. The molecule has 0 bridgehead atoms. The number of carbonyl (C=O) groups is 1. The minimum Gasteiger partial charge on any atom is -0.488 e. The second kappa shape index (κ2) is 8.87. The number of hydrogen-bond donors (Lipinski definition) is 0. The van der Waals surface area contributed by atoms with Gasteiger partial charge in [-0.25, -0.2) is 4.79 Å². The number of aryl methyl sites for hydroxylation is 2. The van der Waals surface area contributed by atoms with Crippen LogP contribution in [0.2, 0.25) is 0 Å². The Hall–Kier alpha value is -2.82. The van der Waals surface area contributed by atoms with Gasteiger partial charge < -0.3 is 14.3 Å². The minimum absolute atomic E-state index is 0.229. The molecule has 2 aromatic carbocycles. The van der Waals surface area contributed by atoms with Gasteiger partial charge in [-0.15, -0.1) is 0 Å². The number of esters is 1. The van der Waals surface area contributed by atoms with Crippen LogP contribution in [0.3, 0.4) is 0 Å². The van der Waals surface area contributed by atoms with Crippen molar-refractivity contribution in [1.82, 2.24) is 0 Å². The fourth-order valence-electron chi connectivity index (χ4n) is 2.26. The third kappa shape index (κ3) is 5.08. The molecule has 2 rings (SSSR count).